The minimum atomic E-state index is 1.04. The van der Waals surface area contributed by atoms with Gasteiger partial charge in [-0.05, 0) is 17.7 Å². The number of hydrogen-bond acceptors (Lipinski definition) is 1. The van der Waals surface area contributed by atoms with Crippen LogP contribution in [-0.4, -0.2) is 9.55 Å². The number of nitrogens with zero attached hydrogens (tertiary/aromatic N) is 2. The maximum atomic E-state index is 4.96. The van der Waals surface area contributed by atoms with Gasteiger partial charge in [0.1, 0.15) is 5.65 Å². The third-order valence-corrected chi connectivity index (χ3v) is 4.79. The summed E-state index contributed by atoms with van der Waals surface area (Å²) in [5.74, 6) is 0. The first kappa shape index (κ1) is 13.3. The molecule has 0 radical (unpaired) electrons. The second-order valence-electron chi connectivity index (χ2n) is 6.14. The molecular formula is C22H16N2. The Bertz CT molecular complexity index is 1200. The number of fused-ring (bicyclic) bond motifs is 4. The highest BCUT2D eigenvalue weighted by Gasteiger charge is 2.17. The molecule has 3 aromatic carbocycles. The van der Waals surface area contributed by atoms with E-state index in [1.54, 1.807) is 0 Å². The fourth-order valence-corrected chi connectivity index (χ4v) is 3.69. The monoisotopic (exact) mass is 308 g/mol. The van der Waals surface area contributed by atoms with Crippen molar-refractivity contribution in [3.05, 3.63) is 78.9 Å². The second kappa shape index (κ2) is 4.93. The van der Waals surface area contributed by atoms with Crippen LogP contribution in [0.2, 0.25) is 0 Å². The molecule has 5 aromatic rings. The highest BCUT2D eigenvalue weighted by Crippen LogP contribution is 2.39. The van der Waals surface area contributed by atoms with E-state index in [2.05, 4.69) is 90.5 Å². The summed E-state index contributed by atoms with van der Waals surface area (Å²) >= 11 is 0. The molecule has 114 valence electrons. The van der Waals surface area contributed by atoms with Crippen molar-refractivity contribution >= 4 is 32.8 Å². The lowest BCUT2D eigenvalue weighted by Crippen LogP contribution is -1.92. The summed E-state index contributed by atoms with van der Waals surface area (Å²) in [7, 11) is 2.10. The van der Waals surface area contributed by atoms with Crippen LogP contribution in [0, 0.1) is 0 Å². The zero-order valence-electron chi connectivity index (χ0n) is 13.4. The molecule has 0 fully saturated rings. The average Bonchev–Trinajstić information content (AvgIpc) is 2.93. The Hall–Kier alpha value is -3.13. The molecule has 0 N–H and O–H groups in total. The van der Waals surface area contributed by atoms with E-state index in [0.717, 1.165) is 11.2 Å². The molecule has 0 aliphatic heterocycles. The Kier molecular flexibility index (Phi) is 2.74. The van der Waals surface area contributed by atoms with Gasteiger partial charge in [0.15, 0.2) is 0 Å². The molecule has 0 amide bonds. The largest absolute Gasteiger partial charge is 0.328 e. The fourth-order valence-electron chi connectivity index (χ4n) is 3.69. The lowest BCUT2D eigenvalue weighted by atomic mass is 9.96. The first-order valence-corrected chi connectivity index (χ1v) is 8.16. The summed E-state index contributed by atoms with van der Waals surface area (Å²) in [6.45, 7) is 0. The average molecular weight is 308 g/mol. The quantitative estimate of drug-likeness (QED) is 0.397. The van der Waals surface area contributed by atoms with Crippen LogP contribution in [-0.2, 0) is 7.05 Å². The van der Waals surface area contributed by atoms with Gasteiger partial charge in [0.05, 0.1) is 11.0 Å². The number of hydrogen-bond donors (Lipinski definition) is 0. The van der Waals surface area contributed by atoms with E-state index in [1.165, 1.54) is 32.8 Å². The van der Waals surface area contributed by atoms with Gasteiger partial charge in [0.25, 0.3) is 0 Å². The minimum Gasteiger partial charge on any atom is -0.328 e. The molecule has 0 aliphatic carbocycles. The Labute approximate surface area is 140 Å². The van der Waals surface area contributed by atoms with Crippen LogP contribution in [0.4, 0.5) is 0 Å². The lowest BCUT2D eigenvalue weighted by molar-refractivity contribution is 0.994. The van der Waals surface area contributed by atoms with Crippen molar-refractivity contribution in [3.8, 4) is 11.1 Å². The van der Waals surface area contributed by atoms with Gasteiger partial charge in [-0.3, -0.25) is 0 Å². The van der Waals surface area contributed by atoms with Crippen LogP contribution in [0.1, 0.15) is 0 Å². The summed E-state index contributed by atoms with van der Waals surface area (Å²) < 4.78 is 2.20. The molecule has 2 nitrogen and oxygen atoms in total. The molecule has 0 saturated carbocycles. The summed E-state index contributed by atoms with van der Waals surface area (Å²) in [5.41, 5.74) is 5.79. The van der Waals surface area contributed by atoms with Crippen molar-refractivity contribution in [1.29, 1.82) is 0 Å². The Morgan fingerprint density at radius 2 is 1.38 bits per heavy atom. The minimum absolute atomic E-state index is 1.04. The smallest absolute Gasteiger partial charge is 0.142 e. The van der Waals surface area contributed by atoms with Crippen molar-refractivity contribution in [2.75, 3.05) is 0 Å². The van der Waals surface area contributed by atoms with Crippen molar-refractivity contribution in [1.82, 2.24) is 9.55 Å². The van der Waals surface area contributed by atoms with E-state index in [0.29, 0.717) is 0 Å². The number of aryl methyl sites for hydroxylation is 1. The first-order valence-electron chi connectivity index (χ1n) is 8.16. The van der Waals surface area contributed by atoms with Gasteiger partial charge in [-0.15, -0.1) is 0 Å². The van der Waals surface area contributed by atoms with Crippen LogP contribution in [0.3, 0.4) is 0 Å². The van der Waals surface area contributed by atoms with Crippen molar-refractivity contribution < 1.29 is 0 Å². The van der Waals surface area contributed by atoms with E-state index in [9.17, 15) is 0 Å². The summed E-state index contributed by atoms with van der Waals surface area (Å²) in [6.07, 6.45) is 0. The van der Waals surface area contributed by atoms with Crippen LogP contribution in [0.5, 0.6) is 0 Å². The third-order valence-electron chi connectivity index (χ3n) is 4.79. The zero-order valence-corrected chi connectivity index (χ0v) is 13.4. The van der Waals surface area contributed by atoms with Gasteiger partial charge >= 0.3 is 0 Å². The predicted octanol–water partition coefficient (Wildman–Crippen LogP) is 5.55. The SMILES string of the molecule is Cn1c2ccccc2c2c(-c3ccccc3)c3ccccc3nc21. The Morgan fingerprint density at radius 1 is 0.708 bits per heavy atom. The maximum Gasteiger partial charge on any atom is 0.142 e. The molecule has 0 atom stereocenters. The Balaban J connectivity index is 2.12. The first-order chi connectivity index (χ1) is 11.8. The van der Waals surface area contributed by atoms with Crippen LogP contribution in [0.25, 0.3) is 44.0 Å². The number of pyridine rings is 1. The van der Waals surface area contributed by atoms with Crippen molar-refractivity contribution in [2.24, 2.45) is 7.05 Å². The molecule has 2 heterocycles. The molecule has 24 heavy (non-hydrogen) atoms. The molecular weight excluding hydrogens is 292 g/mol. The topological polar surface area (TPSA) is 17.8 Å². The van der Waals surface area contributed by atoms with Gasteiger partial charge < -0.3 is 4.57 Å². The molecule has 2 heteroatoms. The molecule has 5 rings (SSSR count). The van der Waals surface area contributed by atoms with Crippen LogP contribution in [0.15, 0.2) is 78.9 Å². The standard InChI is InChI=1S/C22H16N2/c1-24-19-14-8-6-12-17(19)21-20(15-9-3-2-4-10-15)16-11-5-7-13-18(16)23-22(21)24/h2-14H,1H3. The van der Waals surface area contributed by atoms with Gasteiger partial charge in [-0.2, -0.15) is 0 Å². The molecule has 0 aliphatic rings. The molecule has 0 saturated heterocycles. The van der Waals surface area contributed by atoms with E-state index < -0.39 is 0 Å². The number of para-hydroxylation sites is 2. The highest BCUT2D eigenvalue weighted by atomic mass is 15.0. The van der Waals surface area contributed by atoms with E-state index >= 15 is 0 Å². The van der Waals surface area contributed by atoms with Gasteiger partial charge in [-0.1, -0.05) is 66.7 Å². The highest BCUT2D eigenvalue weighted by molar-refractivity contribution is 6.20. The third kappa shape index (κ3) is 1.74. The van der Waals surface area contributed by atoms with E-state index in [4.69, 9.17) is 4.98 Å². The van der Waals surface area contributed by atoms with Gasteiger partial charge in [0.2, 0.25) is 0 Å². The van der Waals surface area contributed by atoms with Gasteiger partial charge in [-0.25, -0.2) is 4.98 Å². The molecule has 2 aromatic heterocycles. The maximum absolute atomic E-state index is 4.96. The summed E-state index contributed by atoms with van der Waals surface area (Å²) in [4.78, 5) is 4.96. The van der Waals surface area contributed by atoms with Crippen molar-refractivity contribution in [3.63, 3.8) is 0 Å². The Morgan fingerprint density at radius 3 is 2.21 bits per heavy atom. The summed E-state index contributed by atoms with van der Waals surface area (Å²) in [5, 5.41) is 3.69. The number of benzene rings is 3. The van der Waals surface area contributed by atoms with Crippen LogP contribution >= 0.6 is 0 Å². The van der Waals surface area contributed by atoms with E-state index in [-0.39, 0.29) is 0 Å². The van der Waals surface area contributed by atoms with Gasteiger partial charge in [0, 0.05) is 28.8 Å². The molecule has 0 spiro atoms. The normalized spacial score (nSPS) is 11.5. The number of rotatable bonds is 1. The molecule has 0 bridgehead atoms. The number of aromatic nitrogens is 2. The molecule has 0 unspecified atom stereocenters. The predicted molar refractivity (Wildman–Crippen MR) is 101 cm³/mol. The van der Waals surface area contributed by atoms with Crippen LogP contribution < -0.4 is 0 Å². The van der Waals surface area contributed by atoms with E-state index in [1.807, 2.05) is 0 Å². The fraction of sp³-hybridized carbons (Fsp3) is 0.0455. The summed E-state index contributed by atoms with van der Waals surface area (Å²) in [6, 6.07) is 27.6. The van der Waals surface area contributed by atoms with Crippen molar-refractivity contribution in [2.45, 2.75) is 0 Å². The lowest BCUT2D eigenvalue weighted by Gasteiger charge is -2.09. The second-order valence-corrected chi connectivity index (χ2v) is 6.14. The zero-order chi connectivity index (χ0) is 16.1.